The molecule has 2 N–H and O–H groups in total. The van der Waals surface area contributed by atoms with E-state index in [-0.39, 0.29) is 10.2 Å². The molecular formula is C13H11ClN4O2S3. The van der Waals surface area contributed by atoms with Crippen LogP contribution >= 0.6 is 34.3 Å². The number of imidazole rings is 1. The molecule has 0 spiro atoms. The highest BCUT2D eigenvalue weighted by Crippen LogP contribution is 2.33. The Balaban J connectivity index is 2.01. The van der Waals surface area contributed by atoms with Gasteiger partial charge in [-0.05, 0) is 30.0 Å². The predicted molar refractivity (Wildman–Crippen MR) is 93.2 cm³/mol. The zero-order valence-electron chi connectivity index (χ0n) is 11.6. The van der Waals surface area contributed by atoms with Crippen LogP contribution in [0.4, 0.5) is 0 Å². The van der Waals surface area contributed by atoms with Crippen LogP contribution < -0.4 is 5.73 Å². The SMILES string of the molecule is NCCc1cn(S(=O)(=O)c2c(Cl)nc3sccn23)c2sccc12. The third-order valence-corrected chi connectivity index (χ3v) is 7.40. The molecule has 0 fully saturated rings. The molecule has 0 saturated heterocycles. The van der Waals surface area contributed by atoms with Crippen molar-refractivity contribution in [3.05, 3.63) is 39.9 Å². The zero-order valence-corrected chi connectivity index (χ0v) is 14.8. The minimum Gasteiger partial charge on any atom is -0.330 e. The second-order valence-corrected chi connectivity index (χ2v) is 8.75. The highest BCUT2D eigenvalue weighted by molar-refractivity contribution is 7.90. The molecule has 4 aromatic rings. The van der Waals surface area contributed by atoms with Gasteiger partial charge in [0.05, 0.1) is 0 Å². The molecule has 0 aromatic carbocycles. The van der Waals surface area contributed by atoms with Gasteiger partial charge in [0.25, 0.3) is 10.0 Å². The van der Waals surface area contributed by atoms with Gasteiger partial charge in [-0.3, -0.25) is 4.40 Å². The Kier molecular flexibility index (Phi) is 3.50. The van der Waals surface area contributed by atoms with E-state index in [1.54, 1.807) is 17.8 Å². The van der Waals surface area contributed by atoms with Crippen molar-refractivity contribution in [1.29, 1.82) is 0 Å². The fourth-order valence-electron chi connectivity index (χ4n) is 2.58. The average Bonchev–Trinajstić information content (AvgIpc) is 3.19. The number of hydrogen-bond acceptors (Lipinski definition) is 6. The van der Waals surface area contributed by atoms with Gasteiger partial charge in [0.15, 0.2) is 10.1 Å². The maximum absolute atomic E-state index is 13.2. The standard InChI is InChI=1S/C13H11ClN4O2S3/c14-10-12(17-4-6-22-13(17)16-10)23(19,20)18-7-8(1-3-15)9-2-5-21-11(9)18/h2,4-7H,1,3,15H2. The lowest BCUT2D eigenvalue weighted by atomic mass is 10.2. The van der Waals surface area contributed by atoms with Crippen molar-refractivity contribution in [2.75, 3.05) is 6.54 Å². The lowest BCUT2D eigenvalue weighted by Gasteiger charge is -2.05. The normalized spacial score (nSPS) is 12.6. The van der Waals surface area contributed by atoms with E-state index < -0.39 is 10.0 Å². The molecule has 4 rings (SSSR count). The Labute approximate surface area is 144 Å². The third kappa shape index (κ3) is 2.15. The minimum atomic E-state index is -3.86. The van der Waals surface area contributed by atoms with Crippen LogP contribution in [0.25, 0.3) is 15.2 Å². The summed E-state index contributed by atoms with van der Waals surface area (Å²) in [6.45, 7) is 0.456. The van der Waals surface area contributed by atoms with Gasteiger partial charge in [-0.15, -0.1) is 22.7 Å². The second-order valence-electron chi connectivity index (χ2n) is 4.90. The number of aromatic nitrogens is 3. The topological polar surface area (TPSA) is 82.4 Å². The molecule has 4 aromatic heterocycles. The van der Waals surface area contributed by atoms with Crippen LogP contribution in [-0.2, 0) is 16.4 Å². The molecular weight excluding hydrogens is 376 g/mol. The number of thiazole rings is 1. The lowest BCUT2D eigenvalue weighted by molar-refractivity contribution is 0.584. The maximum atomic E-state index is 13.2. The quantitative estimate of drug-likeness (QED) is 0.584. The molecule has 0 aliphatic heterocycles. The van der Waals surface area contributed by atoms with E-state index in [1.165, 1.54) is 31.0 Å². The van der Waals surface area contributed by atoms with Gasteiger partial charge < -0.3 is 5.73 Å². The zero-order chi connectivity index (χ0) is 16.2. The van der Waals surface area contributed by atoms with Crippen LogP contribution in [0.3, 0.4) is 0 Å². The lowest BCUT2D eigenvalue weighted by Crippen LogP contribution is -2.14. The fraction of sp³-hybridized carbons (Fsp3) is 0.154. The summed E-state index contributed by atoms with van der Waals surface area (Å²) in [4.78, 5) is 5.32. The summed E-state index contributed by atoms with van der Waals surface area (Å²) in [6.07, 6.45) is 3.90. The van der Waals surface area contributed by atoms with Crippen molar-refractivity contribution >= 4 is 59.5 Å². The first-order valence-electron chi connectivity index (χ1n) is 6.68. The molecule has 0 aliphatic carbocycles. The minimum absolute atomic E-state index is 0.0139. The van der Waals surface area contributed by atoms with Gasteiger partial charge >= 0.3 is 0 Å². The Bertz CT molecular complexity index is 1120. The Morgan fingerprint density at radius 1 is 1.30 bits per heavy atom. The molecule has 6 nitrogen and oxygen atoms in total. The summed E-state index contributed by atoms with van der Waals surface area (Å²) in [5, 5.41) is 4.52. The van der Waals surface area contributed by atoms with Gasteiger partial charge in [0, 0.05) is 23.2 Å². The number of rotatable bonds is 4. The van der Waals surface area contributed by atoms with Crippen molar-refractivity contribution in [3.63, 3.8) is 0 Å². The molecule has 0 saturated carbocycles. The monoisotopic (exact) mass is 386 g/mol. The van der Waals surface area contributed by atoms with E-state index in [9.17, 15) is 8.42 Å². The molecule has 120 valence electrons. The van der Waals surface area contributed by atoms with Crippen molar-refractivity contribution < 1.29 is 8.42 Å². The Hall–Kier alpha value is -1.39. The molecule has 0 atom stereocenters. The molecule has 0 amide bonds. The Morgan fingerprint density at radius 3 is 2.91 bits per heavy atom. The fourth-order valence-corrected chi connectivity index (χ4v) is 6.53. The first kappa shape index (κ1) is 15.2. The summed E-state index contributed by atoms with van der Waals surface area (Å²) in [7, 11) is -3.86. The maximum Gasteiger partial charge on any atom is 0.288 e. The molecule has 0 aliphatic rings. The molecule has 10 heteroatoms. The van der Waals surface area contributed by atoms with Crippen LogP contribution in [0.1, 0.15) is 5.56 Å². The average molecular weight is 387 g/mol. The van der Waals surface area contributed by atoms with Crippen molar-refractivity contribution in [2.24, 2.45) is 5.73 Å². The highest BCUT2D eigenvalue weighted by Gasteiger charge is 2.29. The summed E-state index contributed by atoms with van der Waals surface area (Å²) < 4.78 is 29.1. The smallest absolute Gasteiger partial charge is 0.288 e. The van der Waals surface area contributed by atoms with E-state index in [2.05, 4.69) is 4.98 Å². The summed E-state index contributed by atoms with van der Waals surface area (Å²) in [5.41, 5.74) is 6.54. The van der Waals surface area contributed by atoms with E-state index >= 15 is 0 Å². The number of nitrogens with two attached hydrogens (primary N) is 1. The largest absolute Gasteiger partial charge is 0.330 e. The van der Waals surface area contributed by atoms with Crippen molar-refractivity contribution in [3.8, 4) is 0 Å². The van der Waals surface area contributed by atoms with Crippen LogP contribution in [0.15, 0.2) is 34.2 Å². The predicted octanol–water partition coefficient (Wildman–Crippen LogP) is 2.80. The number of thiophene rings is 1. The second kappa shape index (κ2) is 5.32. The molecule has 0 radical (unpaired) electrons. The summed E-state index contributed by atoms with van der Waals surface area (Å²) in [6, 6.07) is 1.91. The van der Waals surface area contributed by atoms with Crippen LogP contribution in [0.2, 0.25) is 5.15 Å². The van der Waals surface area contributed by atoms with Gasteiger partial charge in [0.1, 0.15) is 4.83 Å². The highest BCUT2D eigenvalue weighted by atomic mass is 35.5. The molecule has 4 heterocycles. The van der Waals surface area contributed by atoms with Crippen LogP contribution in [0.5, 0.6) is 0 Å². The summed E-state index contributed by atoms with van der Waals surface area (Å²) >= 11 is 8.81. The number of halogens is 1. The van der Waals surface area contributed by atoms with E-state index in [4.69, 9.17) is 17.3 Å². The van der Waals surface area contributed by atoms with Crippen LogP contribution in [0, 0.1) is 0 Å². The molecule has 0 unspecified atom stereocenters. The van der Waals surface area contributed by atoms with Crippen LogP contribution in [-0.4, -0.2) is 28.3 Å². The summed E-state index contributed by atoms with van der Waals surface area (Å²) in [5.74, 6) is 0. The number of hydrogen-bond donors (Lipinski definition) is 1. The molecule has 0 bridgehead atoms. The first-order chi connectivity index (χ1) is 11.0. The molecule has 23 heavy (non-hydrogen) atoms. The Morgan fingerprint density at radius 2 is 2.13 bits per heavy atom. The van der Waals surface area contributed by atoms with Gasteiger partial charge in [0.2, 0.25) is 5.03 Å². The van der Waals surface area contributed by atoms with Crippen molar-refractivity contribution in [1.82, 2.24) is 13.4 Å². The van der Waals surface area contributed by atoms with E-state index in [0.717, 1.165) is 10.9 Å². The first-order valence-corrected chi connectivity index (χ1v) is 10.3. The van der Waals surface area contributed by atoms with Crippen molar-refractivity contribution in [2.45, 2.75) is 11.4 Å². The van der Waals surface area contributed by atoms with Gasteiger partial charge in [-0.2, -0.15) is 8.42 Å². The number of fused-ring (bicyclic) bond motifs is 2. The van der Waals surface area contributed by atoms with E-state index in [1.807, 2.05) is 11.4 Å². The van der Waals surface area contributed by atoms with Gasteiger partial charge in [-0.25, -0.2) is 8.96 Å². The number of nitrogens with zero attached hydrogens (tertiary/aromatic N) is 3. The van der Waals surface area contributed by atoms with E-state index in [0.29, 0.717) is 22.8 Å². The van der Waals surface area contributed by atoms with Gasteiger partial charge in [-0.1, -0.05) is 11.6 Å². The third-order valence-electron chi connectivity index (χ3n) is 3.56.